The van der Waals surface area contributed by atoms with Gasteiger partial charge in [0.25, 0.3) is 0 Å². The molecule has 0 saturated carbocycles. The van der Waals surface area contributed by atoms with Crippen LogP contribution in [0, 0.1) is 18.6 Å². The molecule has 0 aliphatic carbocycles. The number of halogens is 2. The Balaban J connectivity index is 1.64. The van der Waals surface area contributed by atoms with Gasteiger partial charge in [0.2, 0.25) is 11.0 Å². The molecule has 1 N–H and O–H groups in total. The SMILES string of the molecule is CCOc1ccc2nc(-n3nc(C)c4c3NC(=O)C[C@@H]4c3cccc(F)c3F)sc2c1. The number of anilines is 1. The first-order valence-electron chi connectivity index (χ1n) is 9.83. The number of fused-ring (bicyclic) bond motifs is 2. The average molecular weight is 440 g/mol. The van der Waals surface area contributed by atoms with Gasteiger partial charge in [-0.05, 0) is 43.7 Å². The lowest BCUT2D eigenvalue weighted by Gasteiger charge is -2.24. The van der Waals surface area contributed by atoms with E-state index in [0.717, 1.165) is 22.0 Å². The van der Waals surface area contributed by atoms with Gasteiger partial charge in [0.15, 0.2) is 11.6 Å². The Morgan fingerprint density at radius 1 is 1.29 bits per heavy atom. The predicted octanol–water partition coefficient (Wildman–Crippen LogP) is 4.94. The van der Waals surface area contributed by atoms with Gasteiger partial charge < -0.3 is 10.1 Å². The third kappa shape index (κ3) is 3.25. The molecule has 0 radical (unpaired) electrons. The van der Waals surface area contributed by atoms with Gasteiger partial charge in [0.1, 0.15) is 11.6 Å². The topological polar surface area (TPSA) is 69.0 Å². The molecule has 0 saturated heterocycles. The molecule has 0 unspecified atom stereocenters. The number of thiazole rings is 1. The van der Waals surface area contributed by atoms with Gasteiger partial charge in [-0.25, -0.2) is 13.8 Å². The Kier molecular flexibility index (Phi) is 4.70. The van der Waals surface area contributed by atoms with Crippen LogP contribution < -0.4 is 10.1 Å². The minimum atomic E-state index is -0.941. The number of hydrogen-bond donors (Lipinski definition) is 1. The summed E-state index contributed by atoms with van der Waals surface area (Å²) in [6.07, 6.45) is 0.0114. The third-order valence-electron chi connectivity index (χ3n) is 5.30. The average Bonchev–Trinajstić information content (AvgIpc) is 3.30. The highest BCUT2D eigenvalue weighted by Gasteiger charge is 2.35. The number of carbonyl (C=O) groups excluding carboxylic acids is 1. The van der Waals surface area contributed by atoms with Crippen LogP contribution in [0.5, 0.6) is 5.75 Å². The van der Waals surface area contributed by atoms with Gasteiger partial charge >= 0.3 is 0 Å². The Morgan fingerprint density at radius 2 is 2.13 bits per heavy atom. The second-order valence-corrected chi connectivity index (χ2v) is 8.28. The molecule has 4 aromatic rings. The van der Waals surface area contributed by atoms with E-state index in [1.54, 1.807) is 11.6 Å². The molecule has 0 fully saturated rings. The number of carbonyl (C=O) groups is 1. The minimum absolute atomic E-state index is 0.0114. The molecule has 2 aromatic heterocycles. The third-order valence-corrected chi connectivity index (χ3v) is 6.29. The Labute approximate surface area is 180 Å². The lowest BCUT2D eigenvalue weighted by molar-refractivity contribution is -0.116. The lowest BCUT2D eigenvalue weighted by Crippen LogP contribution is -2.25. The highest BCUT2D eigenvalue weighted by atomic mass is 32.1. The van der Waals surface area contributed by atoms with Crippen LogP contribution in [0.1, 0.15) is 36.1 Å². The van der Waals surface area contributed by atoms with Gasteiger partial charge in [-0.1, -0.05) is 23.5 Å². The molecule has 158 valence electrons. The van der Waals surface area contributed by atoms with E-state index in [2.05, 4.69) is 15.4 Å². The Bertz CT molecular complexity index is 1330. The van der Waals surface area contributed by atoms with E-state index < -0.39 is 17.6 Å². The molecule has 1 aliphatic rings. The summed E-state index contributed by atoms with van der Waals surface area (Å²) in [5, 5.41) is 7.99. The summed E-state index contributed by atoms with van der Waals surface area (Å²) < 4.78 is 36.5. The molecule has 2 aromatic carbocycles. The maximum Gasteiger partial charge on any atom is 0.226 e. The highest BCUT2D eigenvalue weighted by molar-refractivity contribution is 7.20. The van der Waals surface area contributed by atoms with Crippen LogP contribution in [-0.2, 0) is 4.79 Å². The number of nitrogens with one attached hydrogen (secondary N) is 1. The number of ether oxygens (including phenoxy) is 1. The van der Waals surface area contributed by atoms with Crippen LogP contribution in [0.25, 0.3) is 15.3 Å². The molecule has 5 rings (SSSR count). The van der Waals surface area contributed by atoms with Crippen LogP contribution in [-0.4, -0.2) is 27.3 Å². The quantitative estimate of drug-likeness (QED) is 0.488. The van der Waals surface area contributed by atoms with Crippen LogP contribution >= 0.6 is 11.3 Å². The summed E-state index contributed by atoms with van der Waals surface area (Å²) in [5.74, 6) is -1.62. The highest BCUT2D eigenvalue weighted by Crippen LogP contribution is 2.42. The molecule has 9 heteroatoms. The van der Waals surface area contributed by atoms with E-state index >= 15 is 0 Å². The Hall–Kier alpha value is -3.33. The number of benzene rings is 2. The fourth-order valence-corrected chi connectivity index (χ4v) is 4.93. The molecule has 1 amide bonds. The minimum Gasteiger partial charge on any atom is -0.494 e. The van der Waals surface area contributed by atoms with Crippen molar-refractivity contribution in [1.29, 1.82) is 0 Å². The normalized spacial score (nSPS) is 15.7. The fourth-order valence-electron chi connectivity index (χ4n) is 3.98. The van der Waals surface area contributed by atoms with Crippen molar-refractivity contribution < 1.29 is 18.3 Å². The van der Waals surface area contributed by atoms with Gasteiger partial charge in [0, 0.05) is 17.9 Å². The smallest absolute Gasteiger partial charge is 0.226 e. The summed E-state index contributed by atoms with van der Waals surface area (Å²) >= 11 is 1.40. The summed E-state index contributed by atoms with van der Waals surface area (Å²) in [6, 6.07) is 9.65. The van der Waals surface area contributed by atoms with Crippen molar-refractivity contribution in [3.63, 3.8) is 0 Å². The first-order valence-corrected chi connectivity index (χ1v) is 10.6. The lowest BCUT2D eigenvalue weighted by atomic mass is 9.85. The van der Waals surface area contributed by atoms with E-state index in [0.29, 0.717) is 28.8 Å². The molecule has 0 bridgehead atoms. The molecular formula is C22H18F2N4O2S. The van der Waals surface area contributed by atoms with E-state index in [9.17, 15) is 13.6 Å². The van der Waals surface area contributed by atoms with Gasteiger partial charge in [-0.3, -0.25) is 4.79 Å². The van der Waals surface area contributed by atoms with E-state index in [4.69, 9.17) is 4.74 Å². The molecule has 31 heavy (non-hydrogen) atoms. The fraction of sp³-hybridized carbons (Fsp3) is 0.227. The summed E-state index contributed by atoms with van der Waals surface area (Å²) in [7, 11) is 0. The summed E-state index contributed by atoms with van der Waals surface area (Å²) in [5.41, 5.74) is 2.21. The number of amides is 1. The number of rotatable bonds is 4. The maximum atomic E-state index is 14.6. The molecule has 3 heterocycles. The van der Waals surface area contributed by atoms with Crippen molar-refractivity contribution in [2.24, 2.45) is 0 Å². The molecule has 1 atom stereocenters. The van der Waals surface area contributed by atoms with Crippen LogP contribution in [0.15, 0.2) is 36.4 Å². The van der Waals surface area contributed by atoms with E-state index in [1.807, 2.05) is 25.1 Å². The second-order valence-electron chi connectivity index (χ2n) is 7.27. The van der Waals surface area contributed by atoms with Crippen LogP contribution in [0.2, 0.25) is 0 Å². The molecule has 6 nitrogen and oxygen atoms in total. The van der Waals surface area contributed by atoms with Crippen molar-refractivity contribution in [1.82, 2.24) is 14.8 Å². The van der Waals surface area contributed by atoms with Gasteiger partial charge in [0.05, 0.1) is 22.5 Å². The van der Waals surface area contributed by atoms with Crippen molar-refractivity contribution in [3.8, 4) is 10.9 Å². The first-order chi connectivity index (χ1) is 15.0. The van der Waals surface area contributed by atoms with Gasteiger partial charge in [-0.2, -0.15) is 9.78 Å². The van der Waals surface area contributed by atoms with Crippen molar-refractivity contribution in [2.45, 2.75) is 26.2 Å². The number of aryl methyl sites for hydroxylation is 1. The maximum absolute atomic E-state index is 14.6. The predicted molar refractivity (Wildman–Crippen MR) is 114 cm³/mol. The first kappa shape index (κ1) is 19.6. The number of nitrogens with zero attached hydrogens (tertiary/aromatic N) is 3. The number of hydrogen-bond acceptors (Lipinski definition) is 5. The Morgan fingerprint density at radius 3 is 2.94 bits per heavy atom. The van der Waals surface area contributed by atoms with Crippen molar-refractivity contribution in [2.75, 3.05) is 11.9 Å². The van der Waals surface area contributed by atoms with Crippen LogP contribution in [0.4, 0.5) is 14.6 Å². The summed E-state index contributed by atoms with van der Waals surface area (Å²) in [6.45, 7) is 4.27. The van der Waals surface area contributed by atoms with Crippen molar-refractivity contribution in [3.05, 3.63) is 64.9 Å². The standard InChI is InChI=1S/C22H18F2N4O2S/c1-3-30-12-7-8-16-17(9-12)31-22(25-16)28-21-19(11(2)27-28)14(10-18(29)26-21)13-5-4-6-15(23)20(13)24/h4-9,14H,3,10H2,1-2H3,(H,26,29)/t14-/m1/s1. The zero-order valence-corrected chi connectivity index (χ0v) is 17.6. The number of aromatic nitrogens is 3. The zero-order chi connectivity index (χ0) is 21.7. The molecule has 0 spiro atoms. The van der Waals surface area contributed by atoms with Crippen molar-refractivity contribution >= 4 is 33.3 Å². The van der Waals surface area contributed by atoms with Gasteiger partial charge in [-0.15, -0.1) is 0 Å². The van der Waals surface area contributed by atoms with E-state index in [1.165, 1.54) is 23.5 Å². The van der Waals surface area contributed by atoms with E-state index in [-0.39, 0.29) is 17.9 Å². The largest absolute Gasteiger partial charge is 0.494 e. The van der Waals surface area contributed by atoms with Crippen LogP contribution in [0.3, 0.4) is 0 Å². The summed E-state index contributed by atoms with van der Waals surface area (Å²) in [4.78, 5) is 17.1. The molecular weight excluding hydrogens is 422 g/mol. The zero-order valence-electron chi connectivity index (χ0n) is 16.8. The molecule has 1 aliphatic heterocycles. The second kappa shape index (κ2) is 7.42. The monoisotopic (exact) mass is 440 g/mol.